The van der Waals surface area contributed by atoms with E-state index in [1.807, 2.05) is 6.07 Å². The molecular formula is C18H29ClN2. The van der Waals surface area contributed by atoms with Crippen LogP contribution in [0.5, 0.6) is 0 Å². The molecule has 118 valence electrons. The van der Waals surface area contributed by atoms with Crippen LogP contribution < -0.4 is 10.2 Å². The maximum atomic E-state index is 6.19. The molecule has 0 radical (unpaired) electrons. The Bertz CT molecular complexity index is 462. The van der Waals surface area contributed by atoms with E-state index in [2.05, 4.69) is 50.0 Å². The smallest absolute Gasteiger partial charge is 0.0412 e. The van der Waals surface area contributed by atoms with E-state index in [0.29, 0.717) is 11.5 Å². The highest BCUT2D eigenvalue weighted by atomic mass is 35.5. The van der Waals surface area contributed by atoms with Crippen LogP contribution in [0.1, 0.15) is 52.5 Å². The molecule has 1 N–H and O–H groups in total. The molecule has 1 aromatic rings. The third-order valence-corrected chi connectivity index (χ3v) is 5.14. The van der Waals surface area contributed by atoms with Crippen molar-refractivity contribution in [3.8, 4) is 0 Å². The lowest BCUT2D eigenvalue weighted by Gasteiger charge is -2.40. The van der Waals surface area contributed by atoms with E-state index in [1.54, 1.807) is 0 Å². The highest BCUT2D eigenvalue weighted by Crippen LogP contribution is 2.36. The van der Waals surface area contributed by atoms with Gasteiger partial charge in [0.15, 0.2) is 0 Å². The molecule has 1 fully saturated rings. The van der Waals surface area contributed by atoms with Gasteiger partial charge < -0.3 is 10.2 Å². The van der Waals surface area contributed by atoms with Gasteiger partial charge in [-0.1, -0.05) is 45.7 Å². The first-order chi connectivity index (χ1) is 9.93. The lowest BCUT2D eigenvalue weighted by molar-refractivity contribution is 0.238. The molecule has 1 heterocycles. The summed E-state index contributed by atoms with van der Waals surface area (Å²) in [5.41, 5.74) is 3.20. The normalized spacial score (nSPS) is 18.3. The summed E-state index contributed by atoms with van der Waals surface area (Å²) < 4.78 is 0. The molecule has 2 rings (SSSR count). The van der Waals surface area contributed by atoms with Gasteiger partial charge in [-0.25, -0.2) is 0 Å². The molecule has 0 aliphatic carbocycles. The van der Waals surface area contributed by atoms with Crippen LogP contribution in [-0.4, -0.2) is 19.1 Å². The molecule has 0 bridgehead atoms. The van der Waals surface area contributed by atoms with E-state index in [0.717, 1.165) is 24.7 Å². The molecule has 0 saturated carbocycles. The quantitative estimate of drug-likeness (QED) is 0.836. The van der Waals surface area contributed by atoms with Gasteiger partial charge in [0, 0.05) is 36.4 Å². The Kier molecular flexibility index (Phi) is 5.56. The van der Waals surface area contributed by atoms with Crippen molar-refractivity contribution in [1.29, 1.82) is 0 Å². The van der Waals surface area contributed by atoms with Crippen molar-refractivity contribution in [2.75, 3.05) is 18.0 Å². The first-order valence-electron chi connectivity index (χ1n) is 8.20. The van der Waals surface area contributed by atoms with Gasteiger partial charge in [0.05, 0.1) is 0 Å². The first-order valence-corrected chi connectivity index (χ1v) is 8.58. The predicted molar refractivity (Wildman–Crippen MR) is 93.3 cm³/mol. The minimum absolute atomic E-state index is 0.488. The molecule has 0 amide bonds. The predicted octanol–water partition coefficient (Wildman–Crippen LogP) is 4.85. The Balaban J connectivity index is 2.12. The fraction of sp³-hybridized carbons (Fsp3) is 0.667. The molecule has 1 aliphatic heterocycles. The second-order valence-electron chi connectivity index (χ2n) is 6.96. The maximum Gasteiger partial charge on any atom is 0.0412 e. The molecule has 0 spiro atoms. The van der Waals surface area contributed by atoms with Crippen LogP contribution in [-0.2, 0) is 6.54 Å². The van der Waals surface area contributed by atoms with Crippen LogP contribution in [0.25, 0.3) is 0 Å². The van der Waals surface area contributed by atoms with Crippen molar-refractivity contribution < 1.29 is 0 Å². The van der Waals surface area contributed by atoms with Gasteiger partial charge in [0.1, 0.15) is 0 Å². The Hall–Kier alpha value is -0.730. The van der Waals surface area contributed by atoms with E-state index in [1.165, 1.54) is 30.5 Å². The Labute approximate surface area is 134 Å². The lowest BCUT2D eigenvalue weighted by atomic mass is 9.78. The number of rotatable bonds is 5. The number of anilines is 1. The molecule has 2 nitrogen and oxygen atoms in total. The minimum Gasteiger partial charge on any atom is -0.371 e. The van der Waals surface area contributed by atoms with Gasteiger partial charge in [-0.3, -0.25) is 0 Å². The van der Waals surface area contributed by atoms with Crippen LogP contribution in [0.2, 0.25) is 5.02 Å². The molecule has 21 heavy (non-hydrogen) atoms. The Morgan fingerprint density at radius 1 is 1.29 bits per heavy atom. The number of hydrogen-bond acceptors (Lipinski definition) is 2. The van der Waals surface area contributed by atoms with Gasteiger partial charge in [0.2, 0.25) is 0 Å². The summed E-state index contributed by atoms with van der Waals surface area (Å²) in [7, 11) is 0. The number of piperidine rings is 1. The molecule has 0 atom stereocenters. The summed E-state index contributed by atoms with van der Waals surface area (Å²) in [6.07, 6.45) is 3.84. The van der Waals surface area contributed by atoms with Crippen LogP contribution in [0.3, 0.4) is 0 Å². The van der Waals surface area contributed by atoms with Gasteiger partial charge >= 0.3 is 0 Å². The average Bonchev–Trinajstić information content (AvgIpc) is 2.46. The summed E-state index contributed by atoms with van der Waals surface area (Å²) in [5.74, 6) is 0. The summed E-state index contributed by atoms with van der Waals surface area (Å²) in [5, 5.41) is 4.34. The molecular weight excluding hydrogens is 280 g/mol. The SMILES string of the molecule is CCC1(C)CCN(c2ccc(Cl)cc2CNC(C)C)CC1. The lowest BCUT2D eigenvalue weighted by Crippen LogP contribution is -2.39. The van der Waals surface area contributed by atoms with E-state index in [-0.39, 0.29) is 0 Å². The summed E-state index contributed by atoms with van der Waals surface area (Å²) in [6.45, 7) is 12.3. The molecule has 0 aromatic heterocycles. The van der Waals surface area contributed by atoms with Crippen molar-refractivity contribution in [1.82, 2.24) is 5.32 Å². The zero-order chi connectivity index (χ0) is 15.5. The van der Waals surface area contributed by atoms with Crippen LogP contribution >= 0.6 is 11.6 Å². The van der Waals surface area contributed by atoms with E-state index in [4.69, 9.17) is 11.6 Å². The topological polar surface area (TPSA) is 15.3 Å². The second kappa shape index (κ2) is 7.02. The summed E-state index contributed by atoms with van der Waals surface area (Å²) >= 11 is 6.19. The number of halogens is 1. The Morgan fingerprint density at radius 3 is 2.52 bits per heavy atom. The first kappa shape index (κ1) is 16.6. The molecule has 1 aliphatic rings. The van der Waals surface area contributed by atoms with Crippen LogP contribution in [0, 0.1) is 5.41 Å². The Morgan fingerprint density at radius 2 is 1.95 bits per heavy atom. The van der Waals surface area contributed by atoms with Gasteiger partial charge in [-0.15, -0.1) is 0 Å². The van der Waals surface area contributed by atoms with Crippen LogP contribution in [0.15, 0.2) is 18.2 Å². The van der Waals surface area contributed by atoms with Crippen molar-refractivity contribution >= 4 is 17.3 Å². The summed E-state index contributed by atoms with van der Waals surface area (Å²) in [4.78, 5) is 2.53. The fourth-order valence-electron chi connectivity index (χ4n) is 2.96. The molecule has 1 saturated heterocycles. The van der Waals surface area contributed by atoms with Crippen molar-refractivity contribution in [3.05, 3.63) is 28.8 Å². The van der Waals surface area contributed by atoms with E-state index < -0.39 is 0 Å². The van der Waals surface area contributed by atoms with Crippen molar-refractivity contribution in [2.24, 2.45) is 5.41 Å². The number of nitrogens with one attached hydrogen (secondary N) is 1. The zero-order valence-electron chi connectivity index (χ0n) is 13.9. The third kappa shape index (κ3) is 4.37. The standard InChI is InChI=1S/C18H29ClN2/c1-5-18(4)8-10-21(11-9-18)17-7-6-16(19)12-15(17)13-20-14(2)3/h6-7,12,14,20H,5,8-11,13H2,1-4H3. The van der Waals surface area contributed by atoms with E-state index >= 15 is 0 Å². The van der Waals surface area contributed by atoms with E-state index in [9.17, 15) is 0 Å². The maximum absolute atomic E-state index is 6.19. The van der Waals surface area contributed by atoms with Crippen LogP contribution in [0.4, 0.5) is 5.69 Å². The second-order valence-corrected chi connectivity index (χ2v) is 7.40. The average molecular weight is 309 g/mol. The number of hydrogen-bond donors (Lipinski definition) is 1. The van der Waals surface area contributed by atoms with Gasteiger partial charge in [-0.05, 0) is 42.0 Å². The largest absolute Gasteiger partial charge is 0.371 e. The monoisotopic (exact) mass is 308 g/mol. The highest BCUT2D eigenvalue weighted by Gasteiger charge is 2.29. The molecule has 1 aromatic carbocycles. The van der Waals surface area contributed by atoms with Crippen molar-refractivity contribution in [3.63, 3.8) is 0 Å². The van der Waals surface area contributed by atoms with Gasteiger partial charge in [0.25, 0.3) is 0 Å². The molecule has 3 heteroatoms. The zero-order valence-corrected chi connectivity index (χ0v) is 14.6. The minimum atomic E-state index is 0.488. The third-order valence-electron chi connectivity index (χ3n) is 4.91. The number of benzene rings is 1. The molecule has 0 unspecified atom stereocenters. The van der Waals surface area contributed by atoms with Crippen molar-refractivity contribution in [2.45, 2.75) is 59.5 Å². The fourth-order valence-corrected chi connectivity index (χ4v) is 3.15. The highest BCUT2D eigenvalue weighted by molar-refractivity contribution is 6.30. The summed E-state index contributed by atoms with van der Waals surface area (Å²) in [6, 6.07) is 6.80. The number of nitrogens with zero attached hydrogens (tertiary/aromatic N) is 1. The van der Waals surface area contributed by atoms with Gasteiger partial charge in [-0.2, -0.15) is 0 Å².